The molecule has 4 rings (SSSR count). The molecule has 0 radical (unpaired) electrons. The minimum atomic E-state index is 0.0249. The molecule has 1 aliphatic rings. The molecular weight excluding hydrogens is 406 g/mol. The fraction of sp³-hybridized carbons (Fsp3) is 0.379. The van der Waals surface area contributed by atoms with Crippen LogP contribution in [0.3, 0.4) is 0 Å². The molecule has 3 aromatic carbocycles. The van der Waals surface area contributed by atoms with Crippen molar-refractivity contribution in [3.8, 4) is 5.75 Å². The predicted octanol–water partition coefficient (Wildman–Crippen LogP) is 5.52. The highest BCUT2D eigenvalue weighted by Crippen LogP contribution is 2.38. The number of para-hydroxylation sites is 2. The summed E-state index contributed by atoms with van der Waals surface area (Å²) in [4.78, 5) is 2.49. The van der Waals surface area contributed by atoms with E-state index >= 15 is 0 Å². The third kappa shape index (κ3) is 5.58. The summed E-state index contributed by atoms with van der Waals surface area (Å²) in [7, 11) is 2.09. The third-order valence-electron chi connectivity index (χ3n) is 6.90. The minimum absolute atomic E-state index is 0.0249. The zero-order chi connectivity index (χ0) is 22.9. The van der Waals surface area contributed by atoms with E-state index in [0.717, 1.165) is 51.2 Å². The van der Waals surface area contributed by atoms with Crippen LogP contribution < -0.4 is 20.3 Å². The highest BCUT2D eigenvalue weighted by Gasteiger charge is 2.35. The lowest BCUT2D eigenvalue weighted by Gasteiger charge is -2.43. The van der Waals surface area contributed by atoms with Gasteiger partial charge in [0.1, 0.15) is 11.9 Å². The molecule has 0 spiro atoms. The molecule has 0 aromatic heterocycles. The van der Waals surface area contributed by atoms with Gasteiger partial charge in [-0.15, -0.1) is 0 Å². The first-order valence-corrected chi connectivity index (χ1v) is 12.3. The predicted molar refractivity (Wildman–Crippen MR) is 138 cm³/mol. The maximum atomic E-state index is 6.70. The van der Waals surface area contributed by atoms with Crippen LogP contribution in [-0.2, 0) is 5.54 Å². The van der Waals surface area contributed by atoms with Crippen molar-refractivity contribution in [3.05, 3.63) is 96.1 Å². The summed E-state index contributed by atoms with van der Waals surface area (Å²) in [5, 5.41) is 7.08. The smallest absolute Gasteiger partial charge is 0.143 e. The first-order chi connectivity index (χ1) is 16.3. The van der Waals surface area contributed by atoms with Crippen molar-refractivity contribution >= 4 is 5.69 Å². The summed E-state index contributed by atoms with van der Waals surface area (Å²) < 4.78 is 6.70. The van der Waals surface area contributed by atoms with Crippen LogP contribution in [-0.4, -0.2) is 33.2 Å². The van der Waals surface area contributed by atoms with Crippen LogP contribution in [0.1, 0.15) is 43.4 Å². The molecule has 0 bridgehead atoms. The topological polar surface area (TPSA) is 36.5 Å². The second kappa shape index (κ2) is 11.4. The number of hydrogen-bond donors (Lipinski definition) is 2. The van der Waals surface area contributed by atoms with Gasteiger partial charge >= 0.3 is 0 Å². The van der Waals surface area contributed by atoms with Crippen LogP contribution in [0.2, 0.25) is 0 Å². The fourth-order valence-corrected chi connectivity index (χ4v) is 4.91. The Kier molecular flexibility index (Phi) is 8.03. The van der Waals surface area contributed by atoms with Gasteiger partial charge < -0.3 is 20.3 Å². The summed E-state index contributed by atoms with van der Waals surface area (Å²) >= 11 is 0. The van der Waals surface area contributed by atoms with Crippen molar-refractivity contribution < 1.29 is 4.74 Å². The molecule has 0 saturated carbocycles. The largest absolute Gasteiger partial charge is 0.484 e. The Morgan fingerprint density at radius 3 is 2.18 bits per heavy atom. The number of nitrogens with zero attached hydrogens (tertiary/aromatic N) is 1. The summed E-state index contributed by atoms with van der Waals surface area (Å²) in [5.74, 6) is 0.972. The molecule has 4 nitrogen and oxygen atoms in total. The van der Waals surface area contributed by atoms with Gasteiger partial charge in [0.25, 0.3) is 0 Å². The van der Waals surface area contributed by atoms with Gasteiger partial charge in [-0.25, -0.2) is 0 Å². The van der Waals surface area contributed by atoms with Crippen molar-refractivity contribution in [3.63, 3.8) is 0 Å². The Hall–Kier alpha value is -2.82. The molecule has 1 atom stereocenters. The average molecular weight is 444 g/mol. The number of hydrogen-bond acceptors (Lipinski definition) is 4. The van der Waals surface area contributed by atoms with Crippen LogP contribution >= 0.6 is 0 Å². The quantitative estimate of drug-likeness (QED) is 0.405. The third-order valence-corrected chi connectivity index (χ3v) is 6.90. The summed E-state index contributed by atoms with van der Waals surface area (Å²) in [6.45, 7) is 6.03. The Labute approximate surface area is 199 Å². The molecule has 1 heterocycles. The van der Waals surface area contributed by atoms with Crippen molar-refractivity contribution in [2.45, 2.75) is 37.8 Å². The number of nitrogens with one attached hydrogen (secondary N) is 2. The highest BCUT2D eigenvalue weighted by molar-refractivity contribution is 5.59. The van der Waals surface area contributed by atoms with E-state index in [0.29, 0.717) is 0 Å². The van der Waals surface area contributed by atoms with Gasteiger partial charge in [-0.2, -0.15) is 0 Å². The van der Waals surface area contributed by atoms with Gasteiger partial charge in [0, 0.05) is 25.0 Å². The summed E-state index contributed by atoms with van der Waals surface area (Å²) in [6, 6.07) is 30.0. The first-order valence-electron chi connectivity index (χ1n) is 12.3. The number of benzene rings is 3. The molecule has 1 saturated heterocycles. The molecule has 0 aliphatic carbocycles. The normalized spacial score (nSPS) is 16.4. The van der Waals surface area contributed by atoms with E-state index in [-0.39, 0.29) is 11.6 Å². The van der Waals surface area contributed by atoms with Gasteiger partial charge in [0.2, 0.25) is 0 Å². The van der Waals surface area contributed by atoms with Crippen LogP contribution in [0.5, 0.6) is 5.75 Å². The molecular formula is C29H37N3O. The van der Waals surface area contributed by atoms with Gasteiger partial charge in [0.05, 0.1) is 5.69 Å². The Balaban J connectivity index is 1.51. The highest BCUT2D eigenvalue weighted by atomic mass is 16.5. The molecule has 33 heavy (non-hydrogen) atoms. The van der Waals surface area contributed by atoms with Crippen molar-refractivity contribution in [1.82, 2.24) is 10.6 Å². The second-order valence-electron chi connectivity index (χ2n) is 8.81. The molecule has 4 heteroatoms. The van der Waals surface area contributed by atoms with Crippen LogP contribution in [0.25, 0.3) is 0 Å². The average Bonchev–Trinajstić information content (AvgIpc) is 2.89. The van der Waals surface area contributed by atoms with Crippen LogP contribution in [0.15, 0.2) is 84.9 Å². The first kappa shape index (κ1) is 23.3. The van der Waals surface area contributed by atoms with E-state index < -0.39 is 0 Å². The van der Waals surface area contributed by atoms with Gasteiger partial charge in [-0.05, 0) is 56.2 Å². The molecule has 2 N–H and O–H groups in total. The SMILES string of the molecule is CCNCC[C@@H](Oc1ccccc1N1CCC(NC)(c2ccccc2)CC1)c1ccccc1. The van der Waals surface area contributed by atoms with Crippen LogP contribution in [0, 0.1) is 0 Å². The minimum Gasteiger partial charge on any atom is -0.484 e. The molecule has 174 valence electrons. The summed E-state index contributed by atoms with van der Waals surface area (Å²) in [6.07, 6.45) is 3.08. The number of piperidine rings is 1. The van der Waals surface area contributed by atoms with E-state index in [1.54, 1.807) is 0 Å². The monoisotopic (exact) mass is 443 g/mol. The zero-order valence-corrected chi connectivity index (χ0v) is 20.0. The van der Waals surface area contributed by atoms with E-state index in [1.165, 1.54) is 16.8 Å². The second-order valence-corrected chi connectivity index (χ2v) is 8.81. The Morgan fingerprint density at radius 2 is 1.52 bits per heavy atom. The van der Waals surface area contributed by atoms with E-state index in [9.17, 15) is 0 Å². The molecule has 0 amide bonds. The van der Waals surface area contributed by atoms with Gasteiger partial charge in [-0.3, -0.25) is 0 Å². The van der Waals surface area contributed by atoms with Gasteiger partial charge in [-0.1, -0.05) is 79.7 Å². The Morgan fingerprint density at radius 1 is 0.879 bits per heavy atom. The van der Waals surface area contributed by atoms with Crippen molar-refractivity contribution in [2.24, 2.45) is 0 Å². The fourth-order valence-electron chi connectivity index (χ4n) is 4.91. The molecule has 1 aliphatic heterocycles. The molecule has 3 aromatic rings. The molecule has 0 unspecified atom stereocenters. The van der Waals surface area contributed by atoms with E-state index in [4.69, 9.17) is 4.74 Å². The number of anilines is 1. The van der Waals surface area contributed by atoms with Crippen molar-refractivity contribution in [2.75, 3.05) is 38.1 Å². The Bertz CT molecular complexity index is 968. The van der Waals surface area contributed by atoms with Crippen LogP contribution in [0.4, 0.5) is 5.69 Å². The van der Waals surface area contributed by atoms with Crippen molar-refractivity contribution in [1.29, 1.82) is 0 Å². The summed E-state index contributed by atoms with van der Waals surface area (Å²) in [5.41, 5.74) is 3.83. The maximum absolute atomic E-state index is 6.70. The molecule has 1 fully saturated rings. The van der Waals surface area contributed by atoms with Gasteiger partial charge in [0.15, 0.2) is 0 Å². The standard InChI is InChI=1S/C29H37N3O/c1-3-31-21-18-27(24-12-6-4-7-13-24)33-28-17-11-10-16-26(28)32-22-19-29(30-2,20-23-32)25-14-8-5-9-15-25/h4-17,27,30-31H,3,18-23H2,1-2H3/t27-/m1/s1. The van der Waals surface area contributed by atoms with E-state index in [1.807, 2.05) is 0 Å². The lowest BCUT2D eigenvalue weighted by Crippen LogP contribution is -2.50. The maximum Gasteiger partial charge on any atom is 0.143 e. The number of rotatable bonds is 10. The van der Waals surface area contributed by atoms with E-state index in [2.05, 4.69) is 114 Å². The number of ether oxygens (including phenoxy) is 1. The lowest BCUT2D eigenvalue weighted by atomic mass is 9.81. The zero-order valence-electron chi connectivity index (χ0n) is 20.0. The lowest BCUT2D eigenvalue weighted by molar-refractivity contribution is 0.194.